The van der Waals surface area contributed by atoms with Crippen molar-refractivity contribution in [2.45, 2.75) is 290 Å². The van der Waals surface area contributed by atoms with Crippen molar-refractivity contribution in [3.05, 3.63) is 35.9 Å². The van der Waals surface area contributed by atoms with E-state index < -0.39 is 22.7 Å². The number of hydrogen-bond donors (Lipinski definition) is 1. The topological polar surface area (TPSA) is 47.9 Å². The van der Waals surface area contributed by atoms with Crippen molar-refractivity contribution in [1.29, 1.82) is 0 Å². The second-order valence-corrected chi connectivity index (χ2v) is 31.2. The molecule has 366 valence electrons. The molecule has 0 saturated carbocycles. The van der Waals surface area contributed by atoms with Gasteiger partial charge in [-0.2, -0.15) is 0 Å². The molecule has 4 nitrogen and oxygen atoms in total. The Morgan fingerprint density at radius 2 is 0.825 bits per heavy atom. The Labute approximate surface area is 396 Å². The number of aliphatic hydroxyl groups is 1. The molecular weight excluding hydrogens is 805 g/mol. The van der Waals surface area contributed by atoms with Crippen LogP contribution in [0.1, 0.15) is 241 Å². The van der Waals surface area contributed by atoms with Crippen LogP contribution in [0.15, 0.2) is 30.3 Å². The highest BCUT2D eigenvalue weighted by Crippen LogP contribution is 2.37. The molecule has 0 spiro atoms. The molecule has 0 fully saturated rings. The van der Waals surface area contributed by atoms with Gasteiger partial charge in [-0.05, 0) is 54.7 Å². The zero-order chi connectivity index (χ0) is 47.1. The Bertz CT molecular complexity index is 1290. The molecule has 0 aliphatic carbocycles. The van der Waals surface area contributed by atoms with Gasteiger partial charge in [0.1, 0.15) is 0 Å². The number of benzene rings is 1. The van der Waals surface area contributed by atoms with Gasteiger partial charge in [0.05, 0.1) is 32.0 Å². The molecule has 1 rings (SSSR count). The van der Waals surface area contributed by atoms with E-state index in [1.165, 1.54) is 160 Å². The number of aliphatic hydroxyl groups excluding tert-OH is 1. The minimum Gasteiger partial charge on any atom is -0.414 e. The molecule has 2 atom stereocenters. The van der Waals surface area contributed by atoms with E-state index in [-0.39, 0.29) is 16.2 Å². The summed E-state index contributed by atoms with van der Waals surface area (Å²) in [5.74, 6) is 13.2. The summed E-state index contributed by atoms with van der Waals surface area (Å²) >= 11 is 0. The van der Waals surface area contributed by atoms with E-state index in [0.29, 0.717) is 26.2 Å². The Kier molecular flexibility index (Phi) is 37.8. The van der Waals surface area contributed by atoms with E-state index in [1.54, 1.807) is 0 Å². The van der Waals surface area contributed by atoms with E-state index in [4.69, 9.17) is 13.6 Å². The molecule has 1 aromatic carbocycles. The lowest BCUT2D eigenvalue weighted by atomic mass is 10.0. The molecule has 0 radical (unpaired) electrons. The second-order valence-electron chi connectivity index (χ2n) is 21.6. The van der Waals surface area contributed by atoms with E-state index in [0.717, 1.165) is 19.3 Å². The lowest BCUT2D eigenvalue weighted by Crippen LogP contribution is -2.43. The van der Waals surface area contributed by atoms with Crippen molar-refractivity contribution in [2.75, 3.05) is 13.2 Å². The molecule has 0 unspecified atom stereocenters. The van der Waals surface area contributed by atoms with Crippen LogP contribution in [0.4, 0.5) is 0 Å². The van der Waals surface area contributed by atoms with Crippen LogP contribution in [0.5, 0.6) is 0 Å². The van der Waals surface area contributed by atoms with Crippen molar-refractivity contribution < 1.29 is 18.7 Å². The van der Waals surface area contributed by atoms with Gasteiger partial charge < -0.3 is 18.7 Å². The molecule has 0 aliphatic heterocycles. The smallest absolute Gasteiger partial charge is 0.192 e. The Hall–Kier alpha value is -1.39. The van der Waals surface area contributed by atoms with Gasteiger partial charge in [0.2, 0.25) is 0 Å². The van der Waals surface area contributed by atoms with Crippen molar-refractivity contribution in [3.63, 3.8) is 0 Å². The molecule has 0 amide bonds. The summed E-state index contributed by atoms with van der Waals surface area (Å²) in [5, 5.41) is 10.5. The van der Waals surface area contributed by atoms with E-state index in [9.17, 15) is 5.11 Å². The number of ether oxygens (including phenoxy) is 1. The van der Waals surface area contributed by atoms with Crippen LogP contribution in [0.2, 0.25) is 36.3 Å². The monoisotopic (exact) mass is 911 g/mol. The summed E-state index contributed by atoms with van der Waals surface area (Å²) in [6, 6.07) is 10.4. The van der Waals surface area contributed by atoms with Gasteiger partial charge in [0, 0.05) is 25.7 Å². The van der Waals surface area contributed by atoms with E-state index in [2.05, 4.69) is 130 Å². The maximum atomic E-state index is 10.1. The Morgan fingerprint density at radius 1 is 0.476 bits per heavy atom. The first-order valence-electron chi connectivity index (χ1n) is 26.5. The summed E-state index contributed by atoms with van der Waals surface area (Å²) < 4.78 is 18.8. The predicted octanol–water partition coefficient (Wildman–Crippen LogP) is 17.9. The fourth-order valence-corrected chi connectivity index (χ4v) is 8.79. The fraction of sp³-hybridized carbons (Fsp3) is 0.825. The average Bonchev–Trinajstić information content (AvgIpc) is 3.23. The number of rotatable bonds is 35. The lowest BCUT2D eigenvalue weighted by Gasteiger charge is -2.37. The van der Waals surface area contributed by atoms with Gasteiger partial charge in [-0.15, -0.1) is 23.7 Å². The van der Waals surface area contributed by atoms with Crippen molar-refractivity contribution >= 4 is 16.6 Å². The van der Waals surface area contributed by atoms with Crippen molar-refractivity contribution in [3.8, 4) is 23.7 Å². The second kappa shape index (κ2) is 38.7. The molecule has 63 heavy (non-hydrogen) atoms. The first-order chi connectivity index (χ1) is 30.0. The van der Waals surface area contributed by atoms with Crippen molar-refractivity contribution in [2.24, 2.45) is 0 Å². The first kappa shape index (κ1) is 61.6. The third-order valence-corrected chi connectivity index (χ3v) is 22.4. The summed E-state index contributed by atoms with van der Waals surface area (Å²) in [4.78, 5) is 0. The molecule has 0 heterocycles. The lowest BCUT2D eigenvalue weighted by molar-refractivity contribution is 0.00935. The highest BCUT2D eigenvalue weighted by molar-refractivity contribution is 6.74. The largest absolute Gasteiger partial charge is 0.414 e. The summed E-state index contributed by atoms with van der Waals surface area (Å²) in [7, 11) is -3.56. The predicted molar refractivity (Wildman–Crippen MR) is 283 cm³/mol. The molecule has 0 saturated heterocycles. The molecule has 1 aromatic rings. The third-order valence-electron chi connectivity index (χ3n) is 13.4. The minimum absolute atomic E-state index is 0.0267. The van der Waals surface area contributed by atoms with Gasteiger partial charge in [-0.3, -0.25) is 0 Å². The minimum atomic E-state index is -1.79. The van der Waals surface area contributed by atoms with Gasteiger partial charge >= 0.3 is 0 Å². The van der Waals surface area contributed by atoms with Crippen LogP contribution < -0.4 is 0 Å². The summed E-state index contributed by atoms with van der Waals surface area (Å²) in [6.45, 7) is 28.8. The van der Waals surface area contributed by atoms with Gasteiger partial charge in [0.15, 0.2) is 16.6 Å². The SMILES string of the molecule is CCCCCCCCCCCCCCC#CC[C@@H](O)CO[Si](C)(C)C(C)(C)C.CCCCCCCCCCCCCCC#CC[C@H](CO[Si](C)(C)C(C)(C)C)OCc1ccccc1. The maximum Gasteiger partial charge on any atom is 0.192 e. The molecular formula is C57H106O4Si2. The van der Waals surface area contributed by atoms with Crippen LogP contribution in [0.25, 0.3) is 0 Å². The van der Waals surface area contributed by atoms with Crippen LogP contribution in [-0.2, 0) is 20.2 Å². The zero-order valence-electron chi connectivity index (χ0n) is 44.1. The molecule has 0 bridgehead atoms. The molecule has 0 aliphatic rings. The summed E-state index contributed by atoms with van der Waals surface area (Å²) in [5.41, 5.74) is 1.20. The molecule has 0 aromatic heterocycles. The highest BCUT2D eigenvalue weighted by atomic mass is 28.4. The van der Waals surface area contributed by atoms with Gasteiger partial charge in [0.25, 0.3) is 0 Å². The molecule has 1 N–H and O–H groups in total. The third kappa shape index (κ3) is 36.4. The van der Waals surface area contributed by atoms with Crippen LogP contribution in [0, 0.1) is 23.7 Å². The van der Waals surface area contributed by atoms with Gasteiger partial charge in [-0.1, -0.05) is 227 Å². The first-order valence-corrected chi connectivity index (χ1v) is 32.3. The van der Waals surface area contributed by atoms with Crippen LogP contribution in [-0.4, -0.2) is 47.2 Å². The number of unbranched alkanes of at least 4 members (excludes halogenated alkanes) is 24. The summed E-state index contributed by atoms with van der Waals surface area (Å²) in [6.07, 6.45) is 36.0. The van der Waals surface area contributed by atoms with Gasteiger partial charge in [-0.25, -0.2) is 0 Å². The standard InChI is InChI=1S/C32H56O2Si.C25H50O2Si/c1-7-8-9-10-11-12-13-14-15-16-17-18-19-20-24-27-31(29-34-35(5,6)32(2,3)4)33-28-30-25-22-21-23-26-30;1-7-8-9-10-11-12-13-14-15-16-17-18-19-20-21-22-24(26)23-27-28(5,6)25(2,3)4/h21-23,25-26,31H,7-19,27-29H2,1-6H3;24,26H,7-19,22-23H2,1-6H3/t31-;24-/m11/s1. The maximum absolute atomic E-state index is 10.1. The molecule has 6 heteroatoms. The quantitative estimate of drug-likeness (QED) is 0.0419. The normalized spacial score (nSPS) is 13.0. The van der Waals surface area contributed by atoms with Crippen molar-refractivity contribution in [1.82, 2.24) is 0 Å². The van der Waals surface area contributed by atoms with Crippen LogP contribution >= 0.6 is 0 Å². The Morgan fingerprint density at radius 3 is 1.21 bits per heavy atom. The van der Waals surface area contributed by atoms with Crippen LogP contribution in [0.3, 0.4) is 0 Å². The van der Waals surface area contributed by atoms with E-state index in [1.807, 2.05) is 6.07 Å². The van der Waals surface area contributed by atoms with E-state index >= 15 is 0 Å². The number of hydrogen-bond acceptors (Lipinski definition) is 4. The average molecular weight is 912 g/mol. The fourth-order valence-electron chi connectivity index (χ4n) is 6.71. The Balaban J connectivity index is 0.00000125. The zero-order valence-corrected chi connectivity index (χ0v) is 46.1. The highest BCUT2D eigenvalue weighted by Gasteiger charge is 2.38.